The minimum Gasteiger partial charge on any atom is -0.0881 e. The number of alkyl halides is 1. The zero-order valence-electron chi connectivity index (χ0n) is 12.7. The van der Waals surface area contributed by atoms with E-state index in [1.165, 1.54) is 44.1 Å². The molecular weight excluding hydrogens is 344 g/mol. The van der Waals surface area contributed by atoms with E-state index in [4.69, 9.17) is 11.6 Å². The van der Waals surface area contributed by atoms with Crippen LogP contribution in [0.1, 0.15) is 51.0 Å². The van der Waals surface area contributed by atoms with E-state index in [-0.39, 0.29) is 0 Å². The molecule has 0 radical (unpaired) electrons. The second-order valence-electron chi connectivity index (χ2n) is 8.43. The SMILES string of the molecule is CC12CC3CC(C1)CC(C(Br)Cc1ccc(Cl)cc1)(C3)C2. The second-order valence-corrected chi connectivity index (χ2v) is 9.97. The van der Waals surface area contributed by atoms with Gasteiger partial charge in [-0.1, -0.05) is 46.6 Å². The highest BCUT2D eigenvalue weighted by molar-refractivity contribution is 9.09. The average molecular weight is 368 g/mol. The lowest BCUT2D eigenvalue weighted by molar-refractivity contribution is -0.101. The van der Waals surface area contributed by atoms with Crippen LogP contribution in [-0.2, 0) is 6.42 Å². The lowest BCUT2D eigenvalue weighted by Gasteiger charge is -2.63. The lowest BCUT2D eigenvalue weighted by atomic mass is 9.44. The van der Waals surface area contributed by atoms with Crippen molar-refractivity contribution in [1.82, 2.24) is 0 Å². The van der Waals surface area contributed by atoms with Crippen LogP contribution in [0, 0.1) is 22.7 Å². The summed E-state index contributed by atoms with van der Waals surface area (Å²) in [5.41, 5.74) is 2.61. The Labute approximate surface area is 141 Å². The molecule has 4 bridgehead atoms. The van der Waals surface area contributed by atoms with Crippen molar-refractivity contribution >= 4 is 27.5 Å². The van der Waals surface area contributed by atoms with Crippen LogP contribution in [0.3, 0.4) is 0 Å². The van der Waals surface area contributed by atoms with Gasteiger partial charge in [-0.3, -0.25) is 0 Å². The van der Waals surface area contributed by atoms with Crippen LogP contribution in [-0.4, -0.2) is 4.83 Å². The first-order valence-corrected chi connectivity index (χ1v) is 9.64. The van der Waals surface area contributed by atoms with Gasteiger partial charge in [0.15, 0.2) is 0 Å². The Hall–Kier alpha value is -0.0100. The molecule has 0 aromatic heterocycles. The van der Waals surface area contributed by atoms with E-state index in [1.54, 1.807) is 0 Å². The van der Waals surface area contributed by atoms with Gasteiger partial charge in [0.25, 0.3) is 0 Å². The third-order valence-corrected chi connectivity index (χ3v) is 7.94. The van der Waals surface area contributed by atoms with E-state index < -0.39 is 0 Å². The predicted molar refractivity (Wildman–Crippen MR) is 93.1 cm³/mol. The summed E-state index contributed by atoms with van der Waals surface area (Å²) in [7, 11) is 0. The van der Waals surface area contributed by atoms with E-state index in [2.05, 4.69) is 35.0 Å². The Bertz CT molecular complexity index is 521. The first-order valence-electron chi connectivity index (χ1n) is 8.35. The molecule has 114 valence electrons. The van der Waals surface area contributed by atoms with E-state index in [1.807, 2.05) is 12.1 Å². The number of hydrogen-bond donors (Lipinski definition) is 0. The highest BCUT2D eigenvalue weighted by atomic mass is 79.9. The van der Waals surface area contributed by atoms with Crippen molar-refractivity contribution in [3.63, 3.8) is 0 Å². The Balaban J connectivity index is 1.56. The molecule has 0 saturated heterocycles. The number of hydrogen-bond acceptors (Lipinski definition) is 0. The molecule has 4 aliphatic carbocycles. The van der Waals surface area contributed by atoms with Crippen molar-refractivity contribution in [2.45, 2.75) is 56.7 Å². The van der Waals surface area contributed by atoms with Gasteiger partial charge >= 0.3 is 0 Å². The molecule has 2 heteroatoms. The van der Waals surface area contributed by atoms with Crippen LogP contribution in [0.5, 0.6) is 0 Å². The molecule has 4 aliphatic rings. The second kappa shape index (κ2) is 4.99. The van der Waals surface area contributed by atoms with Crippen molar-refractivity contribution in [3.05, 3.63) is 34.9 Å². The summed E-state index contributed by atoms with van der Waals surface area (Å²) in [4.78, 5) is 0.622. The predicted octanol–water partition coefficient (Wildman–Crippen LogP) is 6.25. The number of halogens is 2. The Morgan fingerprint density at radius 3 is 2.33 bits per heavy atom. The summed E-state index contributed by atoms with van der Waals surface area (Å²) in [6.07, 6.45) is 10.0. The Morgan fingerprint density at radius 2 is 1.76 bits per heavy atom. The minimum absolute atomic E-state index is 0.554. The zero-order chi connectivity index (χ0) is 14.7. The quantitative estimate of drug-likeness (QED) is 0.554. The maximum atomic E-state index is 6.01. The van der Waals surface area contributed by atoms with E-state index in [0.717, 1.165) is 23.3 Å². The van der Waals surface area contributed by atoms with Gasteiger partial charge < -0.3 is 0 Å². The molecule has 0 aliphatic heterocycles. The highest BCUT2D eigenvalue weighted by Gasteiger charge is 2.57. The third-order valence-electron chi connectivity index (χ3n) is 6.39. The zero-order valence-corrected chi connectivity index (χ0v) is 15.1. The summed E-state index contributed by atoms with van der Waals surface area (Å²) in [6.45, 7) is 2.56. The van der Waals surface area contributed by atoms with Crippen LogP contribution in [0.2, 0.25) is 5.02 Å². The topological polar surface area (TPSA) is 0 Å². The molecule has 0 N–H and O–H groups in total. The van der Waals surface area contributed by atoms with Gasteiger partial charge in [0.05, 0.1) is 0 Å². The standard InChI is InChI=1S/C19H24BrCl/c1-18-8-14-6-15(9-18)11-19(10-14,12-18)17(20)7-13-2-4-16(21)5-3-13/h2-5,14-15,17H,6-12H2,1H3. The fourth-order valence-electron chi connectivity index (χ4n) is 6.21. The van der Waals surface area contributed by atoms with Gasteiger partial charge in [0.1, 0.15) is 0 Å². The van der Waals surface area contributed by atoms with Crippen molar-refractivity contribution in [2.75, 3.05) is 0 Å². The maximum Gasteiger partial charge on any atom is 0.0406 e. The summed E-state index contributed by atoms with van der Waals surface area (Å²) < 4.78 is 0. The Morgan fingerprint density at radius 1 is 1.14 bits per heavy atom. The summed E-state index contributed by atoms with van der Waals surface area (Å²) >= 11 is 10.1. The van der Waals surface area contributed by atoms with Crippen molar-refractivity contribution in [2.24, 2.45) is 22.7 Å². The van der Waals surface area contributed by atoms with Crippen molar-refractivity contribution in [3.8, 4) is 0 Å². The first-order chi connectivity index (χ1) is 9.96. The number of rotatable bonds is 3. The van der Waals surface area contributed by atoms with Gasteiger partial charge in [0.2, 0.25) is 0 Å². The average Bonchev–Trinajstić information content (AvgIpc) is 2.38. The third kappa shape index (κ3) is 2.59. The lowest BCUT2D eigenvalue weighted by Crippen LogP contribution is -2.54. The molecule has 5 rings (SSSR count). The molecular formula is C19H24BrCl. The molecule has 0 spiro atoms. The fraction of sp³-hybridized carbons (Fsp3) is 0.684. The van der Waals surface area contributed by atoms with E-state index >= 15 is 0 Å². The normalized spacial score (nSPS) is 42.2. The van der Waals surface area contributed by atoms with E-state index in [9.17, 15) is 0 Å². The van der Waals surface area contributed by atoms with Gasteiger partial charge in [-0.2, -0.15) is 0 Å². The first kappa shape index (κ1) is 14.6. The molecule has 4 fully saturated rings. The van der Waals surface area contributed by atoms with Crippen LogP contribution in [0.25, 0.3) is 0 Å². The maximum absolute atomic E-state index is 6.01. The largest absolute Gasteiger partial charge is 0.0881 e. The van der Waals surface area contributed by atoms with Crippen LogP contribution in [0.15, 0.2) is 24.3 Å². The molecule has 21 heavy (non-hydrogen) atoms. The van der Waals surface area contributed by atoms with Crippen LogP contribution < -0.4 is 0 Å². The smallest absolute Gasteiger partial charge is 0.0406 e. The Kier molecular flexibility index (Phi) is 3.47. The summed E-state index contributed by atoms with van der Waals surface area (Å²) in [5, 5.41) is 0.840. The molecule has 1 aromatic rings. The fourth-order valence-corrected chi connectivity index (χ4v) is 7.24. The monoisotopic (exact) mass is 366 g/mol. The summed E-state index contributed by atoms with van der Waals surface area (Å²) in [5.74, 6) is 2.00. The van der Waals surface area contributed by atoms with Gasteiger partial charge in [0, 0.05) is 9.85 Å². The van der Waals surface area contributed by atoms with Gasteiger partial charge in [-0.25, -0.2) is 0 Å². The van der Waals surface area contributed by atoms with Crippen molar-refractivity contribution in [1.29, 1.82) is 0 Å². The molecule has 0 amide bonds. The molecule has 3 atom stereocenters. The molecule has 3 unspecified atom stereocenters. The van der Waals surface area contributed by atoms with E-state index in [0.29, 0.717) is 15.7 Å². The highest BCUT2D eigenvalue weighted by Crippen LogP contribution is 2.67. The molecule has 1 aromatic carbocycles. The minimum atomic E-state index is 0.554. The van der Waals surface area contributed by atoms with Gasteiger partial charge in [-0.15, -0.1) is 0 Å². The molecule has 0 nitrogen and oxygen atoms in total. The van der Waals surface area contributed by atoms with Gasteiger partial charge in [-0.05, 0) is 85.3 Å². The van der Waals surface area contributed by atoms with Crippen LogP contribution in [0.4, 0.5) is 0 Å². The molecule has 4 saturated carbocycles. The number of benzene rings is 1. The van der Waals surface area contributed by atoms with Crippen LogP contribution >= 0.6 is 27.5 Å². The van der Waals surface area contributed by atoms with Crippen molar-refractivity contribution < 1.29 is 0 Å². The molecule has 0 heterocycles. The summed E-state index contributed by atoms with van der Waals surface area (Å²) in [6, 6.07) is 8.44.